The first-order valence-corrected chi connectivity index (χ1v) is 7.94. The SMILES string of the molecule is CCc1cccc(C)c1Nc1nc(C)cc(NCC(C)C)n1. The number of anilines is 3. The van der Waals surface area contributed by atoms with E-state index in [1.165, 1.54) is 11.1 Å². The van der Waals surface area contributed by atoms with Gasteiger partial charge in [-0.1, -0.05) is 39.0 Å². The number of nitrogens with one attached hydrogen (secondary N) is 2. The maximum absolute atomic E-state index is 4.58. The number of benzene rings is 1. The van der Waals surface area contributed by atoms with Gasteiger partial charge in [0.15, 0.2) is 0 Å². The molecule has 0 unspecified atom stereocenters. The second-order valence-electron chi connectivity index (χ2n) is 6.08. The molecule has 1 aromatic heterocycles. The molecular formula is C18H26N4. The molecule has 1 heterocycles. The van der Waals surface area contributed by atoms with Crippen molar-refractivity contribution in [2.75, 3.05) is 17.2 Å². The molecule has 2 aromatic rings. The normalized spacial score (nSPS) is 10.8. The molecule has 0 saturated heterocycles. The lowest BCUT2D eigenvalue weighted by molar-refractivity contribution is 0.687. The maximum atomic E-state index is 4.58. The first kappa shape index (κ1) is 16.3. The van der Waals surface area contributed by atoms with E-state index in [2.05, 4.69) is 66.5 Å². The molecule has 0 spiro atoms. The van der Waals surface area contributed by atoms with Crippen molar-refractivity contribution in [2.24, 2.45) is 5.92 Å². The van der Waals surface area contributed by atoms with E-state index in [0.717, 1.165) is 30.2 Å². The topological polar surface area (TPSA) is 49.8 Å². The van der Waals surface area contributed by atoms with Crippen LogP contribution in [0, 0.1) is 19.8 Å². The first-order chi connectivity index (χ1) is 10.5. The average molecular weight is 298 g/mol. The Morgan fingerprint density at radius 3 is 2.59 bits per heavy atom. The Labute approximate surface area is 133 Å². The zero-order valence-electron chi connectivity index (χ0n) is 14.2. The smallest absolute Gasteiger partial charge is 0.229 e. The fourth-order valence-corrected chi connectivity index (χ4v) is 2.34. The summed E-state index contributed by atoms with van der Waals surface area (Å²) in [5, 5.41) is 6.76. The lowest BCUT2D eigenvalue weighted by atomic mass is 10.1. The van der Waals surface area contributed by atoms with Crippen molar-refractivity contribution in [3.8, 4) is 0 Å². The van der Waals surface area contributed by atoms with Gasteiger partial charge in [0, 0.05) is 24.0 Å². The van der Waals surface area contributed by atoms with Crippen LogP contribution in [0.15, 0.2) is 24.3 Å². The van der Waals surface area contributed by atoms with Gasteiger partial charge in [0.2, 0.25) is 5.95 Å². The van der Waals surface area contributed by atoms with E-state index < -0.39 is 0 Å². The highest BCUT2D eigenvalue weighted by atomic mass is 15.1. The van der Waals surface area contributed by atoms with Gasteiger partial charge in [0.1, 0.15) is 5.82 Å². The molecule has 0 saturated carbocycles. The molecule has 4 nitrogen and oxygen atoms in total. The van der Waals surface area contributed by atoms with Gasteiger partial charge < -0.3 is 10.6 Å². The molecule has 4 heteroatoms. The van der Waals surface area contributed by atoms with Gasteiger partial charge in [-0.2, -0.15) is 4.98 Å². The van der Waals surface area contributed by atoms with Crippen LogP contribution in [0.3, 0.4) is 0 Å². The molecule has 0 aliphatic rings. The van der Waals surface area contributed by atoms with Crippen molar-refractivity contribution in [1.82, 2.24) is 9.97 Å². The van der Waals surface area contributed by atoms with Gasteiger partial charge in [0.25, 0.3) is 0 Å². The molecule has 1 aromatic carbocycles. The molecule has 0 aliphatic carbocycles. The molecule has 0 fully saturated rings. The number of hydrogen-bond acceptors (Lipinski definition) is 4. The number of aromatic nitrogens is 2. The summed E-state index contributed by atoms with van der Waals surface area (Å²) in [6, 6.07) is 8.32. The van der Waals surface area contributed by atoms with Crippen LogP contribution in [0.4, 0.5) is 17.5 Å². The minimum absolute atomic E-state index is 0.578. The van der Waals surface area contributed by atoms with Crippen molar-refractivity contribution >= 4 is 17.5 Å². The summed E-state index contributed by atoms with van der Waals surface area (Å²) >= 11 is 0. The van der Waals surface area contributed by atoms with Gasteiger partial charge in [-0.25, -0.2) is 4.98 Å². The third-order valence-electron chi connectivity index (χ3n) is 3.52. The van der Waals surface area contributed by atoms with E-state index >= 15 is 0 Å². The van der Waals surface area contributed by atoms with Crippen LogP contribution in [0.2, 0.25) is 0 Å². The van der Waals surface area contributed by atoms with Crippen LogP contribution < -0.4 is 10.6 Å². The van der Waals surface area contributed by atoms with E-state index in [0.29, 0.717) is 11.9 Å². The van der Waals surface area contributed by atoms with Gasteiger partial charge in [-0.3, -0.25) is 0 Å². The summed E-state index contributed by atoms with van der Waals surface area (Å²) in [6.07, 6.45) is 0.980. The highest BCUT2D eigenvalue weighted by Gasteiger charge is 2.08. The minimum Gasteiger partial charge on any atom is -0.370 e. The summed E-state index contributed by atoms with van der Waals surface area (Å²) in [6.45, 7) is 11.5. The number of nitrogens with zero attached hydrogens (tertiary/aromatic N) is 2. The molecule has 2 rings (SSSR count). The summed E-state index contributed by atoms with van der Waals surface area (Å²) < 4.78 is 0. The zero-order chi connectivity index (χ0) is 16.1. The van der Waals surface area contributed by atoms with Gasteiger partial charge in [-0.05, 0) is 37.3 Å². The average Bonchev–Trinajstić information content (AvgIpc) is 2.47. The third kappa shape index (κ3) is 4.20. The quantitative estimate of drug-likeness (QED) is 0.826. The van der Waals surface area contributed by atoms with Crippen molar-refractivity contribution in [3.63, 3.8) is 0 Å². The van der Waals surface area contributed by atoms with Crippen LogP contribution in [0.25, 0.3) is 0 Å². The lowest BCUT2D eigenvalue weighted by Crippen LogP contribution is -2.11. The Morgan fingerprint density at radius 2 is 1.91 bits per heavy atom. The van der Waals surface area contributed by atoms with Crippen molar-refractivity contribution in [1.29, 1.82) is 0 Å². The Balaban J connectivity index is 2.26. The predicted octanol–water partition coefficient (Wildman–Crippen LogP) is 4.47. The third-order valence-corrected chi connectivity index (χ3v) is 3.52. The summed E-state index contributed by atoms with van der Waals surface area (Å²) in [4.78, 5) is 9.09. The van der Waals surface area contributed by atoms with Gasteiger partial charge >= 0.3 is 0 Å². The molecule has 2 N–H and O–H groups in total. The Morgan fingerprint density at radius 1 is 1.14 bits per heavy atom. The first-order valence-electron chi connectivity index (χ1n) is 7.94. The lowest BCUT2D eigenvalue weighted by Gasteiger charge is -2.15. The van der Waals surface area contributed by atoms with E-state index in [-0.39, 0.29) is 0 Å². The van der Waals surface area contributed by atoms with Gasteiger partial charge in [-0.15, -0.1) is 0 Å². The van der Waals surface area contributed by atoms with E-state index in [1.54, 1.807) is 0 Å². The number of para-hydroxylation sites is 1. The molecule has 118 valence electrons. The predicted molar refractivity (Wildman–Crippen MR) is 93.9 cm³/mol. The molecule has 0 radical (unpaired) electrons. The Bertz CT molecular complexity index is 635. The Kier molecular flexibility index (Phi) is 5.36. The fourth-order valence-electron chi connectivity index (χ4n) is 2.34. The molecule has 22 heavy (non-hydrogen) atoms. The zero-order valence-corrected chi connectivity index (χ0v) is 14.2. The summed E-state index contributed by atoms with van der Waals surface area (Å²) in [5.74, 6) is 2.10. The Hall–Kier alpha value is -2.10. The summed E-state index contributed by atoms with van der Waals surface area (Å²) in [7, 11) is 0. The molecule has 0 atom stereocenters. The summed E-state index contributed by atoms with van der Waals surface area (Å²) in [5.41, 5.74) is 4.56. The molecule has 0 aliphatic heterocycles. The minimum atomic E-state index is 0.578. The molecule has 0 amide bonds. The molecular weight excluding hydrogens is 272 g/mol. The van der Waals surface area contributed by atoms with E-state index in [1.807, 2.05) is 13.0 Å². The monoisotopic (exact) mass is 298 g/mol. The molecule has 0 bridgehead atoms. The van der Waals surface area contributed by atoms with Crippen LogP contribution in [-0.4, -0.2) is 16.5 Å². The van der Waals surface area contributed by atoms with E-state index in [4.69, 9.17) is 0 Å². The highest BCUT2D eigenvalue weighted by Crippen LogP contribution is 2.24. The largest absolute Gasteiger partial charge is 0.370 e. The van der Waals surface area contributed by atoms with E-state index in [9.17, 15) is 0 Å². The van der Waals surface area contributed by atoms with Crippen LogP contribution in [0.5, 0.6) is 0 Å². The second kappa shape index (κ2) is 7.25. The van der Waals surface area contributed by atoms with Crippen molar-refractivity contribution in [2.45, 2.75) is 41.0 Å². The van der Waals surface area contributed by atoms with Crippen molar-refractivity contribution < 1.29 is 0 Å². The fraction of sp³-hybridized carbons (Fsp3) is 0.444. The van der Waals surface area contributed by atoms with Crippen LogP contribution in [-0.2, 0) is 6.42 Å². The van der Waals surface area contributed by atoms with Crippen LogP contribution in [0.1, 0.15) is 37.6 Å². The maximum Gasteiger partial charge on any atom is 0.229 e. The van der Waals surface area contributed by atoms with Crippen LogP contribution >= 0.6 is 0 Å². The number of aryl methyl sites for hydroxylation is 3. The van der Waals surface area contributed by atoms with Crippen molar-refractivity contribution in [3.05, 3.63) is 41.1 Å². The number of rotatable bonds is 6. The standard InChI is InChI=1S/C18H26N4/c1-6-15-9-7-8-13(4)17(15)22-18-20-14(5)10-16(21-18)19-11-12(2)3/h7-10,12H,6,11H2,1-5H3,(H2,19,20,21,22). The number of hydrogen-bond donors (Lipinski definition) is 2. The second-order valence-corrected chi connectivity index (χ2v) is 6.08. The van der Waals surface area contributed by atoms with Gasteiger partial charge in [0.05, 0.1) is 0 Å². The highest BCUT2D eigenvalue weighted by molar-refractivity contribution is 5.64.